The molecule has 3 rings (SSSR count). The van der Waals surface area contributed by atoms with Crippen molar-refractivity contribution < 1.29 is 8.78 Å². The number of nitrogens with zero attached hydrogens (tertiary/aromatic N) is 3. The SMILES string of the molecule is Cc1ccc(-c2n[nH]c(=S)n2/N=C\c2c(F)cccc2F)cc1. The first-order valence-electron chi connectivity index (χ1n) is 6.79. The van der Waals surface area contributed by atoms with Crippen LogP contribution in [0.2, 0.25) is 0 Å². The quantitative estimate of drug-likeness (QED) is 0.581. The molecule has 0 aliphatic carbocycles. The average molecular weight is 330 g/mol. The summed E-state index contributed by atoms with van der Waals surface area (Å²) in [7, 11) is 0. The van der Waals surface area contributed by atoms with Crippen LogP contribution >= 0.6 is 12.2 Å². The zero-order valence-corrected chi connectivity index (χ0v) is 12.9. The highest BCUT2D eigenvalue weighted by Gasteiger charge is 2.09. The van der Waals surface area contributed by atoms with E-state index in [-0.39, 0.29) is 10.3 Å². The van der Waals surface area contributed by atoms with Gasteiger partial charge in [-0.15, -0.1) is 0 Å². The Morgan fingerprint density at radius 3 is 2.43 bits per heavy atom. The van der Waals surface area contributed by atoms with E-state index in [1.54, 1.807) is 0 Å². The lowest BCUT2D eigenvalue weighted by atomic mass is 10.1. The third kappa shape index (κ3) is 3.09. The second kappa shape index (κ2) is 6.21. The fourth-order valence-electron chi connectivity index (χ4n) is 2.04. The van der Waals surface area contributed by atoms with Crippen LogP contribution in [0.15, 0.2) is 47.6 Å². The molecule has 3 aromatic rings. The van der Waals surface area contributed by atoms with E-state index in [0.717, 1.165) is 17.3 Å². The van der Waals surface area contributed by atoms with Crippen molar-refractivity contribution in [2.24, 2.45) is 5.10 Å². The highest BCUT2D eigenvalue weighted by molar-refractivity contribution is 7.71. The molecule has 0 unspecified atom stereocenters. The molecule has 23 heavy (non-hydrogen) atoms. The number of nitrogens with one attached hydrogen (secondary N) is 1. The number of halogens is 2. The van der Waals surface area contributed by atoms with E-state index in [9.17, 15) is 8.78 Å². The van der Waals surface area contributed by atoms with Crippen molar-refractivity contribution in [3.8, 4) is 11.4 Å². The summed E-state index contributed by atoms with van der Waals surface area (Å²) in [5.41, 5.74) is 1.66. The fraction of sp³-hybridized carbons (Fsp3) is 0.0625. The lowest BCUT2D eigenvalue weighted by Gasteiger charge is -2.02. The maximum atomic E-state index is 13.7. The Labute approximate surface area is 136 Å². The molecule has 1 heterocycles. The summed E-state index contributed by atoms with van der Waals surface area (Å²) >= 11 is 5.12. The highest BCUT2D eigenvalue weighted by Crippen LogP contribution is 2.18. The molecule has 1 aromatic heterocycles. The van der Waals surface area contributed by atoms with Gasteiger partial charge in [0.15, 0.2) is 5.82 Å². The minimum absolute atomic E-state index is 0.230. The topological polar surface area (TPSA) is 46.0 Å². The third-order valence-corrected chi connectivity index (χ3v) is 3.53. The van der Waals surface area contributed by atoms with Gasteiger partial charge in [-0.1, -0.05) is 35.9 Å². The predicted molar refractivity (Wildman–Crippen MR) is 86.9 cm³/mol. The summed E-state index contributed by atoms with van der Waals surface area (Å²) in [6, 6.07) is 11.2. The summed E-state index contributed by atoms with van der Waals surface area (Å²) in [6.07, 6.45) is 1.09. The van der Waals surface area contributed by atoms with E-state index in [1.165, 1.54) is 22.9 Å². The first kappa shape index (κ1) is 15.2. The first-order chi connectivity index (χ1) is 11.1. The van der Waals surface area contributed by atoms with E-state index in [2.05, 4.69) is 15.3 Å². The predicted octanol–water partition coefficient (Wildman–Crippen LogP) is 4.08. The molecule has 0 atom stereocenters. The fourth-order valence-corrected chi connectivity index (χ4v) is 2.22. The summed E-state index contributed by atoms with van der Waals surface area (Å²) in [4.78, 5) is 0. The number of aryl methyl sites for hydroxylation is 1. The Hall–Kier alpha value is -2.67. The molecule has 0 saturated carbocycles. The molecule has 0 radical (unpaired) electrons. The lowest BCUT2D eigenvalue weighted by Crippen LogP contribution is -1.98. The average Bonchev–Trinajstić information content (AvgIpc) is 2.89. The molecule has 0 amide bonds. The number of hydrogen-bond donors (Lipinski definition) is 1. The van der Waals surface area contributed by atoms with Crippen molar-refractivity contribution in [1.82, 2.24) is 14.9 Å². The van der Waals surface area contributed by atoms with Gasteiger partial charge >= 0.3 is 0 Å². The maximum Gasteiger partial charge on any atom is 0.216 e. The summed E-state index contributed by atoms with van der Waals surface area (Å²) in [6.45, 7) is 1.97. The second-order valence-corrected chi connectivity index (χ2v) is 5.30. The highest BCUT2D eigenvalue weighted by atomic mass is 32.1. The Morgan fingerprint density at radius 2 is 1.78 bits per heavy atom. The number of rotatable bonds is 3. The van der Waals surface area contributed by atoms with E-state index in [4.69, 9.17) is 12.2 Å². The zero-order valence-electron chi connectivity index (χ0n) is 12.1. The first-order valence-corrected chi connectivity index (χ1v) is 7.20. The van der Waals surface area contributed by atoms with Crippen LogP contribution in [-0.4, -0.2) is 21.1 Å². The van der Waals surface area contributed by atoms with Crippen molar-refractivity contribution in [1.29, 1.82) is 0 Å². The Kier molecular flexibility index (Phi) is 4.12. The minimum atomic E-state index is -0.694. The molecule has 0 bridgehead atoms. The van der Waals surface area contributed by atoms with Crippen LogP contribution in [0.5, 0.6) is 0 Å². The Morgan fingerprint density at radius 1 is 1.13 bits per heavy atom. The molecule has 116 valence electrons. The van der Waals surface area contributed by atoms with Gasteiger partial charge in [-0.2, -0.15) is 14.9 Å². The molecule has 0 spiro atoms. The van der Waals surface area contributed by atoms with Crippen LogP contribution < -0.4 is 0 Å². The smallest absolute Gasteiger partial charge is 0.216 e. The van der Waals surface area contributed by atoms with Crippen LogP contribution in [0.3, 0.4) is 0 Å². The molecule has 7 heteroatoms. The summed E-state index contributed by atoms with van der Waals surface area (Å²) in [5.74, 6) is -0.927. The van der Waals surface area contributed by atoms with E-state index in [0.29, 0.717) is 5.82 Å². The van der Waals surface area contributed by atoms with E-state index in [1.807, 2.05) is 31.2 Å². The number of H-pyrrole nitrogens is 1. The van der Waals surface area contributed by atoms with E-state index < -0.39 is 11.6 Å². The Bertz CT molecular complexity index is 906. The minimum Gasteiger partial charge on any atom is -0.250 e. The van der Waals surface area contributed by atoms with Gasteiger partial charge in [0, 0.05) is 5.56 Å². The van der Waals surface area contributed by atoms with E-state index >= 15 is 0 Å². The van der Waals surface area contributed by atoms with Crippen LogP contribution in [0, 0.1) is 23.3 Å². The number of aromatic nitrogens is 3. The van der Waals surface area contributed by atoms with Crippen LogP contribution in [0.25, 0.3) is 11.4 Å². The molecule has 2 aromatic carbocycles. The normalized spacial score (nSPS) is 11.3. The van der Waals surface area contributed by atoms with Gasteiger partial charge in [0.25, 0.3) is 0 Å². The Balaban J connectivity index is 2.04. The maximum absolute atomic E-state index is 13.7. The molecule has 0 aliphatic heterocycles. The molecule has 4 nitrogen and oxygen atoms in total. The van der Waals surface area contributed by atoms with Gasteiger partial charge in [-0.05, 0) is 31.3 Å². The number of aromatic amines is 1. The lowest BCUT2D eigenvalue weighted by molar-refractivity contribution is 0.580. The van der Waals surface area contributed by atoms with Crippen molar-refractivity contribution in [2.75, 3.05) is 0 Å². The van der Waals surface area contributed by atoms with Crippen molar-refractivity contribution in [3.63, 3.8) is 0 Å². The standard InChI is InChI=1S/C16H12F2N4S/c1-10-5-7-11(8-6-10)15-20-21-16(23)22(15)19-9-12-13(17)3-2-4-14(12)18/h2-9H,1H3,(H,21,23)/b19-9-. The van der Waals surface area contributed by atoms with Crippen molar-refractivity contribution in [2.45, 2.75) is 6.92 Å². The van der Waals surface area contributed by atoms with Gasteiger partial charge in [-0.25, -0.2) is 13.9 Å². The molecular formula is C16H12F2N4S. The van der Waals surface area contributed by atoms with Gasteiger partial charge in [-0.3, -0.25) is 0 Å². The molecule has 1 N–H and O–H groups in total. The summed E-state index contributed by atoms with van der Waals surface area (Å²) < 4.78 is 28.9. The van der Waals surface area contributed by atoms with Gasteiger partial charge in [0.1, 0.15) is 11.6 Å². The number of hydrogen-bond acceptors (Lipinski definition) is 3. The van der Waals surface area contributed by atoms with Crippen LogP contribution in [0.1, 0.15) is 11.1 Å². The van der Waals surface area contributed by atoms with Crippen molar-refractivity contribution in [3.05, 3.63) is 70.0 Å². The van der Waals surface area contributed by atoms with Gasteiger partial charge in [0.2, 0.25) is 4.77 Å². The third-order valence-electron chi connectivity index (χ3n) is 3.26. The largest absolute Gasteiger partial charge is 0.250 e. The van der Waals surface area contributed by atoms with Gasteiger partial charge < -0.3 is 0 Å². The van der Waals surface area contributed by atoms with Crippen LogP contribution in [-0.2, 0) is 0 Å². The zero-order chi connectivity index (χ0) is 16.4. The summed E-state index contributed by atoms with van der Waals surface area (Å²) in [5, 5.41) is 10.8. The monoisotopic (exact) mass is 330 g/mol. The van der Waals surface area contributed by atoms with Crippen LogP contribution in [0.4, 0.5) is 8.78 Å². The number of benzene rings is 2. The molecule has 0 saturated heterocycles. The second-order valence-electron chi connectivity index (χ2n) is 4.91. The molecule has 0 aliphatic rings. The molecule has 0 fully saturated rings. The van der Waals surface area contributed by atoms with Gasteiger partial charge in [0.05, 0.1) is 11.8 Å². The van der Waals surface area contributed by atoms with Crippen molar-refractivity contribution >= 4 is 18.4 Å². The molecular weight excluding hydrogens is 318 g/mol.